The molecule has 0 N–H and O–H groups in total. The van der Waals surface area contributed by atoms with Crippen molar-refractivity contribution in [3.8, 4) is 11.3 Å². The van der Waals surface area contributed by atoms with Gasteiger partial charge in [-0.3, -0.25) is 9.78 Å². The maximum absolute atomic E-state index is 12.9. The molecule has 2 heterocycles. The largest absolute Gasteiger partial charge is 0.467 e. The van der Waals surface area contributed by atoms with Gasteiger partial charge in [-0.15, -0.1) is 0 Å². The summed E-state index contributed by atoms with van der Waals surface area (Å²) >= 11 is 0. The molecule has 0 bridgehead atoms. The Bertz CT molecular complexity index is 890. The topological polar surface area (TPSA) is 62.5 Å². The van der Waals surface area contributed by atoms with Crippen LogP contribution in [0, 0.1) is 0 Å². The maximum Gasteiger partial charge on any atom is 0.254 e. The molecule has 26 heavy (non-hydrogen) atoms. The lowest BCUT2D eigenvalue weighted by Gasteiger charge is -2.23. The molecule has 0 aliphatic carbocycles. The molecule has 1 unspecified atom stereocenters. The number of carbonyl (C=O) groups is 1. The van der Waals surface area contributed by atoms with Crippen LogP contribution in [0.15, 0.2) is 59.5 Å². The number of hydrogen-bond donors (Lipinski definition) is 0. The van der Waals surface area contributed by atoms with Crippen LogP contribution >= 0.6 is 0 Å². The Kier molecular flexibility index (Phi) is 5.02. The highest BCUT2D eigenvalue weighted by Crippen LogP contribution is 2.27. The third kappa shape index (κ3) is 3.44. The lowest BCUT2D eigenvalue weighted by Crippen LogP contribution is -2.29. The van der Waals surface area contributed by atoms with E-state index in [1.54, 1.807) is 30.6 Å². The van der Waals surface area contributed by atoms with Gasteiger partial charge in [0.15, 0.2) is 5.82 Å². The van der Waals surface area contributed by atoms with Gasteiger partial charge in [0.05, 0.1) is 12.3 Å². The molecule has 0 radical (unpaired) electrons. The number of nitrogens with zero attached hydrogens (tertiary/aromatic N) is 4. The molecule has 0 fully saturated rings. The van der Waals surface area contributed by atoms with Crippen molar-refractivity contribution in [2.75, 3.05) is 26.0 Å². The van der Waals surface area contributed by atoms with E-state index in [-0.39, 0.29) is 11.9 Å². The van der Waals surface area contributed by atoms with Crippen LogP contribution in [-0.4, -0.2) is 41.9 Å². The molecule has 134 valence electrons. The first-order valence-corrected chi connectivity index (χ1v) is 8.38. The van der Waals surface area contributed by atoms with Gasteiger partial charge in [0.1, 0.15) is 11.5 Å². The fourth-order valence-electron chi connectivity index (χ4n) is 2.76. The summed E-state index contributed by atoms with van der Waals surface area (Å²) in [5.74, 6) is 1.43. The fourth-order valence-corrected chi connectivity index (χ4v) is 2.76. The molecular weight excluding hydrogens is 328 g/mol. The van der Waals surface area contributed by atoms with Crippen LogP contribution in [-0.2, 0) is 0 Å². The number of hydrogen-bond acceptors (Lipinski definition) is 5. The Balaban J connectivity index is 1.91. The van der Waals surface area contributed by atoms with Gasteiger partial charge in [0.2, 0.25) is 0 Å². The molecule has 0 spiro atoms. The Morgan fingerprint density at radius 2 is 1.85 bits per heavy atom. The second-order valence-corrected chi connectivity index (χ2v) is 6.31. The van der Waals surface area contributed by atoms with Crippen LogP contribution in [0.1, 0.15) is 29.1 Å². The first-order valence-electron chi connectivity index (χ1n) is 8.38. The normalized spacial score (nSPS) is 11.8. The smallest absolute Gasteiger partial charge is 0.254 e. The van der Waals surface area contributed by atoms with E-state index in [0.29, 0.717) is 5.56 Å². The Morgan fingerprint density at radius 1 is 1.08 bits per heavy atom. The molecule has 3 rings (SSSR count). The van der Waals surface area contributed by atoms with E-state index in [1.807, 2.05) is 62.3 Å². The molecule has 3 aromatic rings. The maximum atomic E-state index is 12.9. The van der Waals surface area contributed by atoms with E-state index in [4.69, 9.17) is 4.42 Å². The SMILES string of the molecule is CC(c1ccco1)N(C)C(=O)c1cccc(-c2nccnc2N(C)C)c1. The van der Waals surface area contributed by atoms with Gasteiger partial charge in [-0.05, 0) is 31.2 Å². The first-order chi connectivity index (χ1) is 12.5. The zero-order valence-electron chi connectivity index (χ0n) is 15.4. The predicted molar refractivity (Wildman–Crippen MR) is 101 cm³/mol. The van der Waals surface area contributed by atoms with Crippen molar-refractivity contribution in [3.05, 3.63) is 66.4 Å². The molecule has 0 saturated carbocycles. The number of carbonyl (C=O) groups excluding carboxylic acids is 1. The highest BCUT2D eigenvalue weighted by Gasteiger charge is 2.21. The van der Waals surface area contributed by atoms with E-state index in [9.17, 15) is 4.79 Å². The quantitative estimate of drug-likeness (QED) is 0.703. The van der Waals surface area contributed by atoms with Gasteiger partial charge in [0.25, 0.3) is 5.91 Å². The third-order valence-electron chi connectivity index (χ3n) is 4.34. The average molecular weight is 350 g/mol. The number of aromatic nitrogens is 2. The van der Waals surface area contributed by atoms with Crippen LogP contribution < -0.4 is 4.90 Å². The fraction of sp³-hybridized carbons (Fsp3) is 0.250. The van der Waals surface area contributed by atoms with Gasteiger partial charge >= 0.3 is 0 Å². The minimum atomic E-state index is -0.157. The van der Waals surface area contributed by atoms with Gasteiger partial charge in [0, 0.05) is 44.7 Å². The summed E-state index contributed by atoms with van der Waals surface area (Å²) < 4.78 is 5.42. The summed E-state index contributed by atoms with van der Waals surface area (Å²) in [6.07, 6.45) is 4.93. The molecule has 2 aromatic heterocycles. The molecule has 0 aliphatic heterocycles. The van der Waals surface area contributed by atoms with E-state index < -0.39 is 0 Å². The van der Waals surface area contributed by atoms with E-state index in [1.165, 1.54) is 0 Å². The first kappa shape index (κ1) is 17.7. The number of rotatable bonds is 5. The minimum Gasteiger partial charge on any atom is -0.467 e. The van der Waals surface area contributed by atoms with Crippen LogP contribution in [0.3, 0.4) is 0 Å². The zero-order valence-corrected chi connectivity index (χ0v) is 15.4. The summed E-state index contributed by atoms with van der Waals surface area (Å²) in [5.41, 5.74) is 2.19. The van der Waals surface area contributed by atoms with Crippen molar-refractivity contribution < 1.29 is 9.21 Å². The second kappa shape index (κ2) is 7.39. The van der Waals surface area contributed by atoms with Gasteiger partial charge in [-0.2, -0.15) is 0 Å². The molecule has 6 nitrogen and oxygen atoms in total. The molecule has 1 aromatic carbocycles. The van der Waals surface area contributed by atoms with Crippen molar-refractivity contribution in [3.63, 3.8) is 0 Å². The lowest BCUT2D eigenvalue weighted by atomic mass is 10.1. The second-order valence-electron chi connectivity index (χ2n) is 6.31. The predicted octanol–water partition coefficient (Wildman–Crippen LogP) is 3.64. The summed E-state index contributed by atoms with van der Waals surface area (Å²) in [7, 11) is 5.61. The summed E-state index contributed by atoms with van der Waals surface area (Å²) in [4.78, 5) is 25.3. The molecule has 1 atom stereocenters. The molecule has 6 heteroatoms. The highest BCUT2D eigenvalue weighted by atomic mass is 16.3. The number of furan rings is 1. The summed E-state index contributed by atoms with van der Waals surface area (Å²) in [5, 5.41) is 0. The van der Waals surface area contributed by atoms with E-state index >= 15 is 0 Å². The number of benzene rings is 1. The average Bonchev–Trinajstić information content (AvgIpc) is 3.21. The van der Waals surface area contributed by atoms with Gasteiger partial charge in [-0.25, -0.2) is 4.98 Å². The molecule has 0 aliphatic rings. The van der Waals surface area contributed by atoms with Crippen LogP contribution in [0.4, 0.5) is 5.82 Å². The Morgan fingerprint density at radius 3 is 2.54 bits per heavy atom. The zero-order chi connectivity index (χ0) is 18.7. The van der Waals surface area contributed by atoms with Crippen LogP contribution in [0.25, 0.3) is 11.3 Å². The molecular formula is C20H22N4O2. The van der Waals surface area contributed by atoms with Gasteiger partial charge < -0.3 is 14.2 Å². The van der Waals surface area contributed by atoms with Crippen molar-refractivity contribution in [1.82, 2.24) is 14.9 Å². The van der Waals surface area contributed by atoms with E-state index in [0.717, 1.165) is 22.8 Å². The lowest BCUT2D eigenvalue weighted by molar-refractivity contribution is 0.0726. The number of anilines is 1. The van der Waals surface area contributed by atoms with Crippen molar-refractivity contribution in [1.29, 1.82) is 0 Å². The Labute approximate surface area is 153 Å². The third-order valence-corrected chi connectivity index (χ3v) is 4.34. The Hall–Kier alpha value is -3.15. The highest BCUT2D eigenvalue weighted by molar-refractivity contribution is 5.95. The molecule has 1 amide bonds. The van der Waals surface area contributed by atoms with Crippen molar-refractivity contribution in [2.24, 2.45) is 0 Å². The van der Waals surface area contributed by atoms with Crippen LogP contribution in [0.2, 0.25) is 0 Å². The summed E-state index contributed by atoms with van der Waals surface area (Å²) in [6, 6.07) is 11.0. The standard InChI is InChI=1S/C20H22N4O2/c1-14(17-9-6-12-26-17)24(4)20(25)16-8-5-7-15(13-16)18-19(23(2)3)22-11-10-21-18/h5-14H,1-4H3. The molecule has 0 saturated heterocycles. The number of amides is 1. The minimum absolute atomic E-state index is 0.0777. The van der Waals surface area contributed by atoms with Crippen LogP contribution in [0.5, 0.6) is 0 Å². The van der Waals surface area contributed by atoms with Crippen molar-refractivity contribution in [2.45, 2.75) is 13.0 Å². The monoisotopic (exact) mass is 350 g/mol. The van der Waals surface area contributed by atoms with E-state index in [2.05, 4.69) is 9.97 Å². The van der Waals surface area contributed by atoms with Gasteiger partial charge in [-0.1, -0.05) is 12.1 Å². The summed E-state index contributed by atoms with van der Waals surface area (Å²) in [6.45, 7) is 1.94. The van der Waals surface area contributed by atoms with Crippen molar-refractivity contribution >= 4 is 11.7 Å².